The summed E-state index contributed by atoms with van der Waals surface area (Å²) in [5.74, 6) is 1.03. The molecule has 0 radical (unpaired) electrons. The standard InChI is InChI=1S/C17H25N5O/c1-5-12-10-9-11-13(6-2)15(12)22-14(7-3)19-16(20-17(22)23)21-18-8-4/h9-11,18H,5-8H2,1-4H3,(H,20,21,23). The van der Waals surface area contributed by atoms with E-state index < -0.39 is 0 Å². The largest absolute Gasteiger partial charge is 0.356 e. The Morgan fingerprint density at radius 1 is 1.00 bits per heavy atom. The summed E-state index contributed by atoms with van der Waals surface area (Å²) in [6, 6.07) is 6.16. The van der Waals surface area contributed by atoms with Gasteiger partial charge in [0.15, 0.2) is 0 Å². The fourth-order valence-electron chi connectivity index (χ4n) is 2.64. The van der Waals surface area contributed by atoms with Crippen molar-refractivity contribution in [2.75, 3.05) is 12.0 Å². The van der Waals surface area contributed by atoms with Crippen LogP contribution in [0, 0.1) is 0 Å². The summed E-state index contributed by atoms with van der Waals surface area (Å²) >= 11 is 0. The maximum atomic E-state index is 12.7. The molecule has 2 N–H and O–H groups in total. The number of benzene rings is 1. The van der Waals surface area contributed by atoms with Crippen LogP contribution in [0.5, 0.6) is 0 Å². The number of nitrogens with zero attached hydrogens (tertiary/aromatic N) is 3. The molecule has 0 bridgehead atoms. The van der Waals surface area contributed by atoms with Crippen LogP contribution < -0.4 is 16.5 Å². The number of hydrogen-bond acceptors (Lipinski definition) is 5. The summed E-state index contributed by atoms with van der Waals surface area (Å²) in [5, 5.41) is 0. The molecule has 0 unspecified atom stereocenters. The Balaban J connectivity index is 2.67. The molecule has 23 heavy (non-hydrogen) atoms. The molecule has 6 heteroatoms. The van der Waals surface area contributed by atoms with E-state index in [2.05, 4.69) is 46.8 Å². The summed E-state index contributed by atoms with van der Waals surface area (Å²) in [4.78, 5) is 21.2. The van der Waals surface area contributed by atoms with Crippen molar-refractivity contribution in [2.45, 2.75) is 47.0 Å². The predicted molar refractivity (Wildman–Crippen MR) is 93.1 cm³/mol. The topological polar surface area (TPSA) is 71.8 Å². The van der Waals surface area contributed by atoms with E-state index in [9.17, 15) is 4.79 Å². The molecule has 0 atom stereocenters. The zero-order valence-electron chi connectivity index (χ0n) is 14.3. The highest BCUT2D eigenvalue weighted by molar-refractivity contribution is 5.49. The average molecular weight is 315 g/mol. The second-order valence-corrected chi connectivity index (χ2v) is 5.22. The third-order valence-electron chi connectivity index (χ3n) is 3.77. The second kappa shape index (κ2) is 7.87. The lowest BCUT2D eigenvalue weighted by molar-refractivity contribution is 0.738. The SMILES string of the molecule is CCNNc1nc(CC)n(-c2c(CC)cccc2CC)c(=O)n1. The van der Waals surface area contributed by atoms with E-state index in [-0.39, 0.29) is 5.69 Å². The molecular formula is C17H25N5O. The van der Waals surface area contributed by atoms with Gasteiger partial charge in [0.25, 0.3) is 0 Å². The van der Waals surface area contributed by atoms with Crippen molar-refractivity contribution in [2.24, 2.45) is 0 Å². The van der Waals surface area contributed by atoms with E-state index in [0.717, 1.165) is 29.7 Å². The normalized spacial score (nSPS) is 10.8. The van der Waals surface area contributed by atoms with Gasteiger partial charge in [0.2, 0.25) is 5.95 Å². The monoisotopic (exact) mass is 315 g/mol. The van der Waals surface area contributed by atoms with Gasteiger partial charge in [-0.3, -0.25) is 5.43 Å². The minimum absolute atomic E-state index is 0.298. The van der Waals surface area contributed by atoms with Gasteiger partial charge in [-0.2, -0.15) is 9.97 Å². The highest BCUT2D eigenvalue weighted by Crippen LogP contribution is 2.21. The van der Waals surface area contributed by atoms with E-state index in [4.69, 9.17) is 0 Å². The first kappa shape index (κ1) is 17.1. The maximum absolute atomic E-state index is 12.7. The predicted octanol–water partition coefficient (Wildman–Crippen LogP) is 2.25. The van der Waals surface area contributed by atoms with Crippen molar-refractivity contribution in [3.63, 3.8) is 0 Å². The molecule has 0 saturated heterocycles. The van der Waals surface area contributed by atoms with Crippen LogP contribution in [0.1, 0.15) is 44.6 Å². The molecule has 0 amide bonds. The minimum Gasteiger partial charge on any atom is -0.289 e. The number of hydrazine groups is 1. The molecule has 1 heterocycles. The van der Waals surface area contributed by atoms with E-state index in [1.165, 1.54) is 0 Å². The fraction of sp³-hybridized carbons (Fsp3) is 0.471. The van der Waals surface area contributed by atoms with Crippen molar-refractivity contribution in [1.82, 2.24) is 20.0 Å². The van der Waals surface area contributed by atoms with Gasteiger partial charge in [-0.05, 0) is 24.0 Å². The quantitative estimate of drug-likeness (QED) is 0.767. The number of anilines is 1. The lowest BCUT2D eigenvalue weighted by Gasteiger charge is -2.18. The van der Waals surface area contributed by atoms with Crippen LogP contribution >= 0.6 is 0 Å². The summed E-state index contributed by atoms with van der Waals surface area (Å²) in [7, 11) is 0. The Labute approximate surface area is 137 Å². The summed E-state index contributed by atoms with van der Waals surface area (Å²) in [6.07, 6.45) is 2.37. The third kappa shape index (κ3) is 3.59. The summed E-state index contributed by atoms with van der Waals surface area (Å²) in [6.45, 7) is 8.86. The van der Waals surface area contributed by atoms with Gasteiger partial charge in [-0.15, -0.1) is 0 Å². The van der Waals surface area contributed by atoms with Crippen molar-refractivity contribution in [3.8, 4) is 5.69 Å². The van der Waals surface area contributed by atoms with Gasteiger partial charge in [-0.25, -0.2) is 14.8 Å². The van der Waals surface area contributed by atoms with Crippen LogP contribution in [0.4, 0.5) is 5.95 Å². The van der Waals surface area contributed by atoms with E-state index in [0.29, 0.717) is 24.7 Å². The maximum Gasteiger partial charge on any atom is 0.356 e. The summed E-state index contributed by atoms with van der Waals surface area (Å²) < 4.78 is 1.66. The van der Waals surface area contributed by atoms with E-state index in [1.807, 2.05) is 19.9 Å². The lowest BCUT2D eigenvalue weighted by Crippen LogP contribution is -2.31. The van der Waals surface area contributed by atoms with Gasteiger partial charge in [0, 0.05) is 13.0 Å². The fourth-order valence-corrected chi connectivity index (χ4v) is 2.64. The number of rotatable bonds is 7. The van der Waals surface area contributed by atoms with E-state index in [1.54, 1.807) is 4.57 Å². The Hall–Kier alpha value is -2.21. The minimum atomic E-state index is -0.298. The van der Waals surface area contributed by atoms with Gasteiger partial charge in [-0.1, -0.05) is 45.9 Å². The average Bonchev–Trinajstić information content (AvgIpc) is 2.58. The van der Waals surface area contributed by atoms with Gasteiger partial charge >= 0.3 is 5.69 Å². The van der Waals surface area contributed by atoms with Crippen LogP contribution in [0.25, 0.3) is 5.69 Å². The Morgan fingerprint density at radius 3 is 2.17 bits per heavy atom. The third-order valence-corrected chi connectivity index (χ3v) is 3.77. The number of nitrogens with one attached hydrogen (secondary N) is 2. The van der Waals surface area contributed by atoms with Crippen LogP contribution in [-0.2, 0) is 19.3 Å². The Bertz CT molecular complexity index is 701. The molecular weight excluding hydrogens is 290 g/mol. The molecule has 1 aromatic heterocycles. The summed E-state index contributed by atoms with van der Waals surface area (Å²) in [5.41, 5.74) is 8.70. The zero-order chi connectivity index (χ0) is 16.8. The molecule has 124 valence electrons. The van der Waals surface area contributed by atoms with Crippen LogP contribution in [0.15, 0.2) is 23.0 Å². The molecule has 0 spiro atoms. The van der Waals surface area contributed by atoms with Crippen LogP contribution in [0.3, 0.4) is 0 Å². The lowest BCUT2D eigenvalue weighted by atomic mass is 10.0. The molecule has 1 aromatic carbocycles. The van der Waals surface area contributed by atoms with Crippen molar-refractivity contribution >= 4 is 5.95 Å². The second-order valence-electron chi connectivity index (χ2n) is 5.22. The molecule has 0 fully saturated rings. The molecule has 2 aromatic rings. The number of aryl methyl sites for hydroxylation is 3. The molecule has 0 saturated carbocycles. The molecule has 6 nitrogen and oxygen atoms in total. The van der Waals surface area contributed by atoms with Crippen molar-refractivity contribution < 1.29 is 0 Å². The zero-order valence-corrected chi connectivity index (χ0v) is 14.3. The highest BCUT2D eigenvalue weighted by Gasteiger charge is 2.16. The van der Waals surface area contributed by atoms with Crippen LogP contribution in [-0.4, -0.2) is 21.1 Å². The number of hydrogen-bond donors (Lipinski definition) is 2. The van der Waals surface area contributed by atoms with Crippen LogP contribution in [0.2, 0.25) is 0 Å². The first-order valence-electron chi connectivity index (χ1n) is 8.26. The first-order valence-corrected chi connectivity index (χ1v) is 8.26. The van der Waals surface area contributed by atoms with Gasteiger partial charge in [0.05, 0.1) is 5.69 Å². The Morgan fingerprint density at radius 2 is 1.65 bits per heavy atom. The molecule has 0 aliphatic heterocycles. The van der Waals surface area contributed by atoms with Crippen molar-refractivity contribution in [3.05, 3.63) is 45.6 Å². The van der Waals surface area contributed by atoms with Crippen molar-refractivity contribution in [1.29, 1.82) is 0 Å². The van der Waals surface area contributed by atoms with E-state index >= 15 is 0 Å². The number of aromatic nitrogens is 3. The Kier molecular flexibility index (Phi) is 5.87. The molecule has 0 aliphatic rings. The molecule has 2 rings (SSSR count). The number of para-hydroxylation sites is 1. The first-order chi connectivity index (χ1) is 11.2. The van der Waals surface area contributed by atoms with Gasteiger partial charge < -0.3 is 0 Å². The van der Waals surface area contributed by atoms with Gasteiger partial charge in [0.1, 0.15) is 5.82 Å². The molecule has 0 aliphatic carbocycles. The smallest absolute Gasteiger partial charge is 0.289 e. The highest BCUT2D eigenvalue weighted by atomic mass is 16.1.